The van der Waals surface area contributed by atoms with Crippen molar-refractivity contribution in [1.29, 1.82) is 0 Å². The lowest BCUT2D eigenvalue weighted by Gasteiger charge is -2.12. The molecule has 0 aliphatic carbocycles. The highest BCUT2D eigenvalue weighted by Crippen LogP contribution is 2.16. The number of hydrogen-bond acceptors (Lipinski definition) is 4. The molecule has 26 heavy (non-hydrogen) atoms. The lowest BCUT2D eigenvalue weighted by atomic mass is 10.2. The predicted octanol–water partition coefficient (Wildman–Crippen LogP) is 3.63. The molecule has 2 N–H and O–H groups in total. The number of anilines is 1. The van der Waals surface area contributed by atoms with Gasteiger partial charge in [0.1, 0.15) is 12.4 Å². The molecule has 0 fully saturated rings. The first-order chi connectivity index (χ1) is 12.6. The van der Waals surface area contributed by atoms with Crippen LogP contribution in [0, 0.1) is 0 Å². The maximum Gasteiger partial charge on any atom is 0.340 e. The number of carbonyl (C=O) groups is 2. The summed E-state index contributed by atoms with van der Waals surface area (Å²) in [4.78, 5) is 23.9. The Balaban J connectivity index is 1.81. The van der Waals surface area contributed by atoms with E-state index < -0.39 is 12.0 Å². The first-order valence-electron chi connectivity index (χ1n) is 8.66. The van der Waals surface area contributed by atoms with Gasteiger partial charge in [0.25, 0.3) is 0 Å². The minimum absolute atomic E-state index is 0.274. The Kier molecular flexibility index (Phi) is 7.49. The number of amides is 2. The molecule has 0 saturated carbocycles. The largest absolute Gasteiger partial charge is 0.492 e. The van der Waals surface area contributed by atoms with Crippen LogP contribution in [0.4, 0.5) is 10.5 Å². The molecular weight excluding hydrogens is 332 g/mol. The molecular formula is C20H24N2O4. The second-order valence-electron chi connectivity index (χ2n) is 5.50. The van der Waals surface area contributed by atoms with E-state index in [1.165, 1.54) is 5.56 Å². The monoisotopic (exact) mass is 356 g/mol. The summed E-state index contributed by atoms with van der Waals surface area (Å²) in [6, 6.07) is 14.2. The summed E-state index contributed by atoms with van der Waals surface area (Å²) in [6.45, 7) is 4.77. The highest BCUT2D eigenvalue weighted by molar-refractivity contribution is 6.00. The molecule has 2 aromatic rings. The second kappa shape index (κ2) is 10.1. The molecule has 2 aromatic carbocycles. The van der Waals surface area contributed by atoms with Crippen molar-refractivity contribution in [2.75, 3.05) is 25.1 Å². The molecule has 2 amide bonds. The van der Waals surface area contributed by atoms with Crippen LogP contribution >= 0.6 is 0 Å². The second-order valence-corrected chi connectivity index (χ2v) is 5.50. The number of esters is 1. The van der Waals surface area contributed by atoms with Crippen LogP contribution in [0.5, 0.6) is 5.75 Å². The molecule has 0 saturated heterocycles. The molecule has 138 valence electrons. The number of urea groups is 1. The van der Waals surface area contributed by atoms with Gasteiger partial charge in [-0.2, -0.15) is 0 Å². The molecule has 0 aliphatic heterocycles. The van der Waals surface area contributed by atoms with Gasteiger partial charge in [-0.25, -0.2) is 9.59 Å². The normalized spacial score (nSPS) is 10.1. The van der Waals surface area contributed by atoms with Crippen LogP contribution in [0.1, 0.15) is 29.8 Å². The van der Waals surface area contributed by atoms with E-state index in [1.54, 1.807) is 31.2 Å². The number of rotatable bonds is 8. The van der Waals surface area contributed by atoms with E-state index in [0.29, 0.717) is 24.4 Å². The fraction of sp³-hybridized carbons (Fsp3) is 0.300. The van der Waals surface area contributed by atoms with Gasteiger partial charge in [0, 0.05) is 0 Å². The predicted molar refractivity (Wildman–Crippen MR) is 101 cm³/mol. The Bertz CT molecular complexity index is 746. The van der Waals surface area contributed by atoms with Crippen LogP contribution in [0.25, 0.3) is 0 Å². The van der Waals surface area contributed by atoms with Gasteiger partial charge in [-0.05, 0) is 43.2 Å². The van der Waals surface area contributed by atoms with Crippen molar-refractivity contribution in [1.82, 2.24) is 5.32 Å². The van der Waals surface area contributed by atoms with Gasteiger partial charge in [0.2, 0.25) is 0 Å². The lowest BCUT2D eigenvalue weighted by molar-refractivity contribution is 0.0527. The highest BCUT2D eigenvalue weighted by Gasteiger charge is 2.13. The molecule has 2 rings (SSSR count). The van der Waals surface area contributed by atoms with Crippen molar-refractivity contribution in [2.45, 2.75) is 20.3 Å². The average Bonchev–Trinajstić information content (AvgIpc) is 2.66. The third-order valence-electron chi connectivity index (χ3n) is 3.63. The number of nitrogens with one attached hydrogen (secondary N) is 2. The molecule has 0 aromatic heterocycles. The van der Waals surface area contributed by atoms with Crippen molar-refractivity contribution in [3.05, 3.63) is 59.7 Å². The summed E-state index contributed by atoms with van der Waals surface area (Å²) in [6.07, 6.45) is 0.942. The quantitative estimate of drug-likeness (QED) is 0.559. The Hall–Kier alpha value is -3.02. The average molecular weight is 356 g/mol. The fourth-order valence-electron chi connectivity index (χ4n) is 2.33. The summed E-state index contributed by atoms with van der Waals surface area (Å²) < 4.78 is 10.6. The van der Waals surface area contributed by atoms with E-state index in [2.05, 4.69) is 17.6 Å². The Morgan fingerprint density at radius 3 is 2.62 bits per heavy atom. The molecule has 0 atom stereocenters. The highest BCUT2D eigenvalue weighted by atomic mass is 16.5. The first-order valence-corrected chi connectivity index (χ1v) is 8.66. The summed E-state index contributed by atoms with van der Waals surface area (Å²) >= 11 is 0. The fourth-order valence-corrected chi connectivity index (χ4v) is 2.33. The zero-order chi connectivity index (χ0) is 18.8. The molecule has 0 spiro atoms. The standard InChI is InChI=1S/C20H24N2O4/c1-3-15-8-7-9-16(14-15)26-13-12-21-20(24)22-18-11-6-5-10-17(18)19(23)25-4-2/h5-11,14H,3-4,12-13H2,1-2H3,(H2,21,22,24). The van der Waals surface area contributed by atoms with Gasteiger partial charge in [-0.1, -0.05) is 31.2 Å². The molecule has 0 heterocycles. The van der Waals surface area contributed by atoms with Crippen molar-refractivity contribution < 1.29 is 19.1 Å². The van der Waals surface area contributed by atoms with Gasteiger partial charge >= 0.3 is 12.0 Å². The number of para-hydroxylation sites is 1. The smallest absolute Gasteiger partial charge is 0.340 e. The van der Waals surface area contributed by atoms with Gasteiger partial charge in [-0.15, -0.1) is 0 Å². The van der Waals surface area contributed by atoms with E-state index in [-0.39, 0.29) is 6.61 Å². The molecule has 0 bridgehead atoms. The van der Waals surface area contributed by atoms with Gasteiger partial charge in [-0.3, -0.25) is 0 Å². The Morgan fingerprint density at radius 2 is 1.85 bits per heavy atom. The zero-order valence-electron chi connectivity index (χ0n) is 15.1. The number of hydrogen-bond donors (Lipinski definition) is 2. The Labute approximate surface area is 153 Å². The van der Waals surface area contributed by atoms with Crippen molar-refractivity contribution in [3.63, 3.8) is 0 Å². The summed E-state index contributed by atoms with van der Waals surface area (Å²) in [7, 11) is 0. The van der Waals surface area contributed by atoms with Crippen molar-refractivity contribution >= 4 is 17.7 Å². The van der Waals surface area contributed by atoms with Crippen LogP contribution in [0.3, 0.4) is 0 Å². The minimum Gasteiger partial charge on any atom is -0.492 e. The molecule has 0 aliphatic rings. The third kappa shape index (κ3) is 5.81. The molecule has 0 radical (unpaired) electrons. The maximum absolute atomic E-state index is 12.0. The summed E-state index contributed by atoms with van der Waals surface area (Å²) in [5.41, 5.74) is 1.92. The van der Waals surface area contributed by atoms with Gasteiger partial charge < -0.3 is 20.1 Å². The minimum atomic E-state index is -0.470. The molecule has 0 unspecified atom stereocenters. The number of ether oxygens (including phenoxy) is 2. The maximum atomic E-state index is 12.0. The van der Waals surface area contributed by atoms with Gasteiger partial charge in [0.15, 0.2) is 0 Å². The topological polar surface area (TPSA) is 76.7 Å². The van der Waals surface area contributed by atoms with Crippen molar-refractivity contribution in [3.8, 4) is 5.75 Å². The Morgan fingerprint density at radius 1 is 1.04 bits per heavy atom. The van der Waals surface area contributed by atoms with E-state index in [4.69, 9.17) is 9.47 Å². The van der Waals surface area contributed by atoms with Crippen LogP contribution < -0.4 is 15.4 Å². The van der Waals surface area contributed by atoms with Crippen LogP contribution in [0.2, 0.25) is 0 Å². The number of aryl methyl sites for hydroxylation is 1. The van der Waals surface area contributed by atoms with Crippen molar-refractivity contribution in [2.24, 2.45) is 0 Å². The first kappa shape index (κ1) is 19.3. The third-order valence-corrected chi connectivity index (χ3v) is 3.63. The van der Waals surface area contributed by atoms with Crippen LogP contribution in [-0.2, 0) is 11.2 Å². The van der Waals surface area contributed by atoms with Crippen LogP contribution in [0.15, 0.2) is 48.5 Å². The van der Waals surface area contributed by atoms with Crippen LogP contribution in [-0.4, -0.2) is 31.8 Å². The van der Waals surface area contributed by atoms with E-state index in [9.17, 15) is 9.59 Å². The SMILES string of the molecule is CCOC(=O)c1ccccc1NC(=O)NCCOc1cccc(CC)c1. The summed E-state index contributed by atoms with van der Waals surface area (Å²) in [5.74, 6) is 0.307. The number of carbonyl (C=O) groups excluding carboxylic acids is 2. The lowest BCUT2D eigenvalue weighted by Crippen LogP contribution is -2.32. The van der Waals surface area contributed by atoms with E-state index in [1.807, 2.05) is 24.3 Å². The molecule has 6 nitrogen and oxygen atoms in total. The molecule has 6 heteroatoms. The van der Waals surface area contributed by atoms with Gasteiger partial charge in [0.05, 0.1) is 24.4 Å². The zero-order valence-corrected chi connectivity index (χ0v) is 15.1. The van der Waals surface area contributed by atoms with E-state index in [0.717, 1.165) is 12.2 Å². The summed E-state index contributed by atoms with van der Waals surface area (Å²) in [5, 5.41) is 5.36. The number of benzene rings is 2. The van der Waals surface area contributed by atoms with E-state index >= 15 is 0 Å².